The van der Waals surface area contributed by atoms with Gasteiger partial charge in [-0.25, -0.2) is 14.2 Å². The number of carbonyl (C=O) groups is 1. The molecule has 3 aromatic heterocycles. The molecule has 0 saturated carbocycles. The van der Waals surface area contributed by atoms with E-state index >= 15 is 0 Å². The van der Waals surface area contributed by atoms with Gasteiger partial charge in [0.1, 0.15) is 0 Å². The van der Waals surface area contributed by atoms with Gasteiger partial charge in [-0.05, 0) is 37.6 Å². The molecule has 0 spiro atoms. The molecule has 30 heavy (non-hydrogen) atoms. The summed E-state index contributed by atoms with van der Waals surface area (Å²) in [7, 11) is 0. The molecule has 0 aliphatic carbocycles. The van der Waals surface area contributed by atoms with Crippen LogP contribution in [-0.2, 0) is 6.54 Å². The first-order chi connectivity index (χ1) is 14.5. The molecule has 1 aromatic carbocycles. The summed E-state index contributed by atoms with van der Waals surface area (Å²) in [5, 5.41) is 11.2. The van der Waals surface area contributed by atoms with Gasteiger partial charge < -0.3 is 5.32 Å². The monoisotopic (exact) mass is 404 g/mol. The van der Waals surface area contributed by atoms with E-state index in [1.54, 1.807) is 29.9 Å². The number of nitrogens with zero attached hydrogens (tertiary/aromatic N) is 5. The second kappa shape index (κ2) is 8.16. The minimum absolute atomic E-state index is 0.172. The molecule has 0 aliphatic heterocycles. The predicted octanol–water partition coefficient (Wildman–Crippen LogP) is 1.17. The highest BCUT2D eigenvalue weighted by Gasteiger charge is 2.15. The molecule has 0 fully saturated rings. The number of amides is 1. The van der Waals surface area contributed by atoms with Gasteiger partial charge in [0, 0.05) is 31.0 Å². The third-order valence-corrected chi connectivity index (χ3v) is 4.64. The molecular weight excluding hydrogens is 384 g/mol. The van der Waals surface area contributed by atoms with Crippen molar-refractivity contribution < 1.29 is 4.79 Å². The van der Waals surface area contributed by atoms with Crippen molar-refractivity contribution in [2.75, 3.05) is 6.54 Å². The van der Waals surface area contributed by atoms with Crippen LogP contribution >= 0.6 is 0 Å². The Balaban J connectivity index is 1.43. The van der Waals surface area contributed by atoms with Gasteiger partial charge in [-0.15, -0.1) is 5.10 Å². The lowest BCUT2D eigenvalue weighted by Crippen LogP contribution is -2.33. The molecule has 9 nitrogen and oxygen atoms in total. The van der Waals surface area contributed by atoms with Crippen molar-refractivity contribution in [1.29, 1.82) is 0 Å². The Morgan fingerprint density at radius 2 is 1.80 bits per heavy atom. The fraction of sp³-hybridized carbons (Fsp3) is 0.190. The van der Waals surface area contributed by atoms with Crippen LogP contribution in [0.5, 0.6) is 0 Å². The molecular formula is C21H20N6O3. The zero-order valence-electron chi connectivity index (χ0n) is 16.4. The van der Waals surface area contributed by atoms with Crippen molar-refractivity contribution in [3.63, 3.8) is 0 Å². The highest BCUT2D eigenvalue weighted by Crippen LogP contribution is 2.07. The Morgan fingerprint density at radius 1 is 1.03 bits per heavy atom. The number of hydrogen-bond acceptors (Lipinski definition) is 5. The quantitative estimate of drug-likeness (QED) is 0.486. The summed E-state index contributed by atoms with van der Waals surface area (Å²) in [6.07, 6.45) is 2.14. The van der Waals surface area contributed by atoms with E-state index in [9.17, 15) is 14.4 Å². The van der Waals surface area contributed by atoms with Crippen LogP contribution in [0.15, 0.2) is 70.4 Å². The van der Waals surface area contributed by atoms with Crippen molar-refractivity contribution in [3.05, 3.63) is 92.9 Å². The molecule has 0 saturated heterocycles. The predicted molar refractivity (Wildman–Crippen MR) is 111 cm³/mol. The normalized spacial score (nSPS) is 11.0. The molecule has 4 aromatic rings. The molecule has 152 valence electrons. The lowest BCUT2D eigenvalue weighted by Gasteiger charge is -2.11. The SMILES string of the molecule is Cc1cc(=O)c(C(=O)NCCCn2nc3ccccn3c2=O)nn1-c1ccccc1. The number of para-hydroxylation sites is 1. The third-order valence-electron chi connectivity index (χ3n) is 4.64. The fourth-order valence-corrected chi connectivity index (χ4v) is 3.16. The van der Waals surface area contributed by atoms with Gasteiger partial charge in [0.25, 0.3) is 5.91 Å². The van der Waals surface area contributed by atoms with Crippen LogP contribution in [0.25, 0.3) is 11.3 Å². The van der Waals surface area contributed by atoms with E-state index in [0.29, 0.717) is 24.3 Å². The van der Waals surface area contributed by atoms with Gasteiger partial charge in [0.15, 0.2) is 11.3 Å². The molecule has 0 atom stereocenters. The number of carbonyl (C=O) groups excluding carboxylic acids is 1. The number of hydrogen-bond donors (Lipinski definition) is 1. The second-order valence-electron chi connectivity index (χ2n) is 6.79. The lowest BCUT2D eigenvalue weighted by molar-refractivity contribution is 0.0944. The van der Waals surface area contributed by atoms with E-state index < -0.39 is 11.3 Å². The summed E-state index contributed by atoms with van der Waals surface area (Å²) < 4.78 is 4.38. The Labute approximate surface area is 171 Å². The Bertz CT molecular complexity index is 1320. The maximum atomic E-state index is 12.5. The highest BCUT2D eigenvalue weighted by molar-refractivity contribution is 5.92. The van der Waals surface area contributed by atoms with Crippen LogP contribution in [0.4, 0.5) is 0 Å². The van der Waals surface area contributed by atoms with Gasteiger partial charge in [0.05, 0.1) is 5.69 Å². The zero-order valence-corrected chi connectivity index (χ0v) is 16.4. The van der Waals surface area contributed by atoms with Gasteiger partial charge in [-0.2, -0.15) is 5.10 Å². The first-order valence-corrected chi connectivity index (χ1v) is 9.53. The Hall–Kier alpha value is -4.01. The molecule has 1 amide bonds. The van der Waals surface area contributed by atoms with Gasteiger partial charge >= 0.3 is 5.69 Å². The van der Waals surface area contributed by atoms with Crippen molar-refractivity contribution in [2.24, 2.45) is 0 Å². The zero-order chi connectivity index (χ0) is 21.1. The summed E-state index contributed by atoms with van der Waals surface area (Å²) in [4.78, 5) is 37.0. The van der Waals surface area contributed by atoms with Crippen molar-refractivity contribution in [2.45, 2.75) is 19.9 Å². The largest absolute Gasteiger partial charge is 0.350 e. The molecule has 0 bridgehead atoms. The number of aryl methyl sites for hydroxylation is 2. The first-order valence-electron chi connectivity index (χ1n) is 9.53. The Kier molecular flexibility index (Phi) is 5.25. The third kappa shape index (κ3) is 3.77. The molecule has 1 N–H and O–H groups in total. The van der Waals surface area contributed by atoms with Crippen LogP contribution in [-0.4, -0.2) is 36.4 Å². The van der Waals surface area contributed by atoms with E-state index in [2.05, 4.69) is 15.5 Å². The molecule has 0 radical (unpaired) electrons. The topological polar surface area (TPSA) is 103 Å². The maximum absolute atomic E-state index is 12.5. The van der Waals surface area contributed by atoms with E-state index in [0.717, 1.165) is 5.69 Å². The molecule has 0 aliphatic rings. The van der Waals surface area contributed by atoms with E-state index in [-0.39, 0.29) is 17.9 Å². The second-order valence-corrected chi connectivity index (χ2v) is 6.79. The van der Waals surface area contributed by atoms with E-state index in [4.69, 9.17) is 0 Å². The van der Waals surface area contributed by atoms with E-state index in [1.165, 1.54) is 15.1 Å². The van der Waals surface area contributed by atoms with Crippen molar-refractivity contribution >= 4 is 11.6 Å². The van der Waals surface area contributed by atoms with Gasteiger partial charge in [-0.3, -0.25) is 14.0 Å². The van der Waals surface area contributed by atoms with Gasteiger partial charge in [-0.1, -0.05) is 24.3 Å². The van der Waals surface area contributed by atoms with Crippen molar-refractivity contribution in [1.82, 2.24) is 29.3 Å². The maximum Gasteiger partial charge on any atom is 0.350 e. The minimum Gasteiger partial charge on any atom is -0.350 e. The van der Waals surface area contributed by atoms with E-state index in [1.807, 2.05) is 36.4 Å². The smallest absolute Gasteiger partial charge is 0.350 e. The number of nitrogens with one attached hydrogen (secondary N) is 1. The number of fused-ring (bicyclic) bond motifs is 1. The highest BCUT2D eigenvalue weighted by atomic mass is 16.2. The summed E-state index contributed by atoms with van der Waals surface area (Å²) in [6, 6.07) is 16.0. The molecule has 4 rings (SSSR count). The number of benzene rings is 1. The molecule has 9 heteroatoms. The van der Waals surface area contributed by atoms with Crippen LogP contribution < -0.4 is 16.4 Å². The average Bonchev–Trinajstić information content (AvgIpc) is 3.07. The van der Waals surface area contributed by atoms with Crippen LogP contribution in [0.3, 0.4) is 0 Å². The minimum atomic E-state index is -0.549. The number of aromatic nitrogens is 5. The van der Waals surface area contributed by atoms with Gasteiger partial charge in [0.2, 0.25) is 5.43 Å². The summed E-state index contributed by atoms with van der Waals surface area (Å²) in [5.41, 5.74) is 1.12. The molecule has 3 heterocycles. The lowest BCUT2D eigenvalue weighted by atomic mass is 10.2. The first kappa shape index (κ1) is 19.3. The average molecular weight is 404 g/mol. The fourth-order valence-electron chi connectivity index (χ4n) is 3.16. The summed E-state index contributed by atoms with van der Waals surface area (Å²) in [6.45, 7) is 2.38. The summed E-state index contributed by atoms with van der Waals surface area (Å²) >= 11 is 0. The summed E-state index contributed by atoms with van der Waals surface area (Å²) in [5.74, 6) is -0.549. The molecule has 0 unspecified atom stereocenters. The van der Waals surface area contributed by atoms with Crippen LogP contribution in [0.2, 0.25) is 0 Å². The van der Waals surface area contributed by atoms with Crippen molar-refractivity contribution in [3.8, 4) is 5.69 Å². The Morgan fingerprint density at radius 3 is 2.57 bits per heavy atom. The standard InChI is InChI=1S/C21H20N6O3/c1-15-14-17(28)19(24-27(15)16-8-3-2-4-9-16)20(29)22-11-7-13-26-21(30)25-12-6-5-10-18(25)23-26/h2-6,8-10,12,14H,7,11,13H2,1H3,(H,22,29). The number of rotatable bonds is 6. The van der Waals surface area contributed by atoms with Crippen LogP contribution in [0, 0.1) is 6.92 Å². The number of pyridine rings is 1. The van der Waals surface area contributed by atoms with Crippen LogP contribution in [0.1, 0.15) is 22.6 Å².